The van der Waals surface area contributed by atoms with Gasteiger partial charge in [0, 0.05) is 0 Å². The van der Waals surface area contributed by atoms with Crippen molar-refractivity contribution in [3.63, 3.8) is 0 Å². The molecule has 0 aromatic heterocycles. The summed E-state index contributed by atoms with van der Waals surface area (Å²) in [4.78, 5) is -0.00578. The van der Waals surface area contributed by atoms with Crippen molar-refractivity contribution < 1.29 is 46.8 Å². The molecule has 3 aromatic rings. The predicted octanol–water partition coefficient (Wildman–Crippen LogP) is 1.03. The minimum absolute atomic E-state index is 0.172. The molecule has 0 amide bonds. The molecule has 0 fully saturated rings. The van der Waals surface area contributed by atoms with Crippen molar-refractivity contribution in [2.75, 3.05) is 0 Å². The quantitative estimate of drug-likeness (QED) is 0.189. The Kier molecular flexibility index (Phi) is 9.23. The van der Waals surface area contributed by atoms with Crippen LogP contribution in [-0.4, -0.2) is 21.4 Å². The molecular formula is C22H21IO6S2. The highest BCUT2D eigenvalue weighted by molar-refractivity contribution is 7.86. The Bertz CT molecular complexity index is 1200. The van der Waals surface area contributed by atoms with E-state index in [1.165, 1.54) is 22.0 Å². The van der Waals surface area contributed by atoms with Crippen molar-refractivity contribution in [2.45, 2.75) is 23.6 Å². The van der Waals surface area contributed by atoms with Crippen molar-refractivity contribution in [3.05, 3.63) is 104 Å². The van der Waals surface area contributed by atoms with Crippen LogP contribution in [0.15, 0.2) is 99.0 Å². The van der Waals surface area contributed by atoms with E-state index in [1.807, 2.05) is 44.2 Å². The molecule has 0 heterocycles. The second kappa shape index (κ2) is 11.4. The third-order valence-corrected chi connectivity index (χ3v) is 7.93. The standard InChI is InChI=1S/C15H14IO3S.C7H8O3S/c1-13-7-9-15(10-8-13)20(17,18)19-12-11-16-14-5-3-2-4-6-14;1-6-2-4-7(5-3-6)11(8,9)10/h2-12H,1H3;2-5H,1H3,(H,8,9,10)/q+1;/p-1/b12-11+;. The monoisotopic (exact) mass is 572 g/mol. The molecular weight excluding hydrogens is 551 g/mol. The molecule has 6 nitrogen and oxygen atoms in total. The van der Waals surface area contributed by atoms with Crippen LogP contribution in [0.4, 0.5) is 0 Å². The van der Waals surface area contributed by atoms with E-state index in [4.69, 9.17) is 4.18 Å². The van der Waals surface area contributed by atoms with Crippen molar-refractivity contribution in [3.8, 4) is 0 Å². The minimum Gasteiger partial charge on any atom is -0.744 e. The highest BCUT2D eigenvalue weighted by atomic mass is 127. The zero-order valence-corrected chi connectivity index (χ0v) is 20.6. The Labute approximate surface area is 193 Å². The zero-order valence-electron chi connectivity index (χ0n) is 16.8. The Balaban J connectivity index is 0.000000262. The van der Waals surface area contributed by atoms with E-state index >= 15 is 0 Å². The lowest BCUT2D eigenvalue weighted by atomic mass is 10.2. The molecule has 0 spiro atoms. The lowest BCUT2D eigenvalue weighted by Crippen LogP contribution is -3.59. The SMILES string of the molecule is Cc1ccc(S(=O)(=O)O/C=C/[I+]c2ccccc2)cc1.Cc1ccc(S(=O)(=O)[O-])cc1. The van der Waals surface area contributed by atoms with Gasteiger partial charge < -0.3 is 8.74 Å². The van der Waals surface area contributed by atoms with Gasteiger partial charge in [0.25, 0.3) is 0 Å². The number of halogens is 1. The largest absolute Gasteiger partial charge is 0.744 e. The molecule has 0 aliphatic carbocycles. The van der Waals surface area contributed by atoms with E-state index in [9.17, 15) is 21.4 Å². The molecule has 3 rings (SSSR count). The van der Waals surface area contributed by atoms with Gasteiger partial charge in [-0.1, -0.05) is 53.6 Å². The van der Waals surface area contributed by atoms with Crippen molar-refractivity contribution >= 4 is 20.2 Å². The number of hydrogen-bond donors (Lipinski definition) is 0. The summed E-state index contributed by atoms with van der Waals surface area (Å²) >= 11 is -0.373. The van der Waals surface area contributed by atoms with Crippen LogP contribution in [-0.2, 0) is 24.4 Å². The first-order chi connectivity index (χ1) is 14.6. The van der Waals surface area contributed by atoms with Crippen LogP contribution in [0.3, 0.4) is 0 Å². The fraction of sp³-hybridized carbons (Fsp3) is 0.0909. The number of rotatable bonds is 6. The summed E-state index contributed by atoms with van der Waals surface area (Å²) in [6, 6.07) is 22.3. The summed E-state index contributed by atoms with van der Waals surface area (Å²) in [7, 11) is -7.97. The molecule has 0 N–H and O–H groups in total. The van der Waals surface area contributed by atoms with Gasteiger partial charge in [0.1, 0.15) is 15.0 Å². The maximum absolute atomic E-state index is 11.9. The Morgan fingerprint density at radius 2 is 1.23 bits per heavy atom. The fourth-order valence-corrected chi connectivity index (χ4v) is 5.14. The Hall–Kier alpha value is -2.21. The first-order valence-electron chi connectivity index (χ1n) is 8.94. The van der Waals surface area contributed by atoms with E-state index in [1.54, 1.807) is 40.5 Å². The van der Waals surface area contributed by atoms with Crippen molar-refractivity contribution in [1.29, 1.82) is 0 Å². The first kappa shape index (κ1) is 25.1. The van der Waals surface area contributed by atoms with E-state index in [2.05, 4.69) is 0 Å². The zero-order chi connectivity index (χ0) is 22.9. The van der Waals surface area contributed by atoms with Gasteiger partial charge in [0.2, 0.25) is 0 Å². The molecule has 0 radical (unpaired) electrons. The van der Waals surface area contributed by atoms with E-state index in [-0.39, 0.29) is 31.0 Å². The van der Waals surface area contributed by atoms with Gasteiger partial charge in [-0.3, -0.25) is 0 Å². The van der Waals surface area contributed by atoms with Gasteiger partial charge in [0.05, 0.1) is 4.90 Å². The van der Waals surface area contributed by atoms with Crippen LogP contribution in [0.25, 0.3) is 0 Å². The van der Waals surface area contributed by atoms with Gasteiger partial charge in [0.15, 0.2) is 13.9 Å². The average molecular weight is 572 g/mol. The minimum atomic E-state index is -4.27. The first-order valence-corrected chi connectivity index (χ1v) is 14.1. The van der Waals surface area contributed by atoms with Crippen LogP contribution in [0.2, 0.25) is 0 Å². The lowest BCUT2D eigenvalue weighted by Gasteiger charge is -2.05. The van der Waals surface area contributed by atoms with Gasteiger partial charge in [-0.15, -0.1) is 0 Å². The van der Waals surface area contributed by atoms with Crippen molar-refractivity contribution in [1.82, 2.24) is 0 Å². The maximum Gasteiger partial charge on any atom is 0.352 e. The smallest absolute Gasteiger partial charge is 0.352 e. The molecule has 0 aliphatic rings. The molecule has 164 valence electrons. The molecule has 0 aliphatic heterocycles. The Morgan fingerprint density at radius 1 is 0.742 bits per heavy atom. The van der Waals surface area contributed by atoms with Gasteiger partial charge in [-0.2, -0.15) is 8.42 Å². The van der Waals surface area contributed by atoms with Crippen LogP contribution in [0, 0.1) is 17.4 Å². The fourth-order valence-electron chi connectivity index (χ4n) is 2.15. The van der Waals surface area contributed by atoms with E-state index < -0.39 is 20.2 Å². The number of benzene rings is 3. The van der Waals surface area contributed by atoms with Crippen LogP contribution >= 0.6 is 0 Å². The average Bonchev–Trinajstić information content (AvgIpc) is 2.72. The molecule has 3 aromatic carbocycles. The molecule has 31 heavy (non-hydrogen) atoms. The van der Waals surface area contributed by atoms with Crippen molar-refractivity contribution in [2.24, 2.45) is 0 Å². The molecule has 0 atom stereocenters. The van der Waals surface area contributed by atoms with Crippen LogP contribution < -0.4 is 21.2 Å². The number of aryl methyl sites for hydroxylation is 2. The highest BCUT2D eigenvalue weighted by Gasteiger charge is 2.14. The highest BCUT2D eigenvalue weighted by Crippen LogP contribution is 2.13. The number of hydrogen-bond acceptors (Lipinski definition) is 6. The summed E-state index contributed by atoms with van der Waals surface area (Å²) in [5, 5.41) is 0. The third-order valence-electron chi connectivity index (χ3n) is 3.78. The normalized spacial score (nSPS) is 11.6. The topological polar surface area (TPSA) is 101 Å². The summed E-state index contributed by atoms with van der Waals surface area (Å²) in [5.41, 5.74) is 1.94. The summed E-state index contributed by atoms with van der Waals surface area (Å²) < 4.78 is 62.8. The van der Waals surface area contributed by atoms with Gasteiger partial charge in [-0.05, 0) is 50.2 Å². The summed E-state index contributed by atoms with van der Waals surface area (Å²) in [5.74, 6) is 0. The molecule has 0 saturated carbocycles. The van der Waals surface area contributed by atoms with Crippen LogP contribution in [0.1, 0.15) is 11.1 Å². The van der Waals surface area contributed by atoms with Crippen LogP contribution in [0.5, 0.6) is 0 Å². The lowest BCUT2D eigenvalue weighted by molar-refractivity contribution is -0.557. The predicted molar refractivity (Wildman–Crippen MR) is 113 cm³/mol. The van der Waals surface area contributed by atoms with E-state index in [0.717, 1.165) is 11.1 Å². The molecule has 9 heteroatoms. The summed E-state index contributed by atoms with van der Waals surface area (Å²) in [6.07, 6.45) is 1.27. The second-order valence-electron chi connectivity index (χ2n) is 6.30. The molecule has 0 saturated heterocycles. The summed E-state index contributed by atoms with van der Waals surface area (Å²) in [6.45, 7) is 3.72. The second-order valence-corrected chi connectivity index (χ2v) is 11.8. The Morgan fingerprint density at radius 3 is 1.71 bits per heavy atom. The van der Waals surface area contributed by atoms with Gasteiger partial charge in [-0.25, -0.2) is 8.42 Å². The maximum atomic E-state index is 11.9. The van der Waals surface area contributed by atoms with E-state index in [0.29, 0.717) is 0 Å². The molecule has 0 unspecified atom stereocenters. The van der Waals surface area contributed by atoms with Gasteiger partial charge >= 0.3 is 31.3 Å². The third kappa shape index (κ3) is 8.82. The molecule has 0 bridgehead atoms.